The van der Waals surface area contributed by atoms with Crippen LogP contribution < -0.4 is 5.73 Å². The summed E-state index contributed by atoms with van der Waals surface area (Å²) in [5, 5.41) is 2.94. The highest BCUT2D eigenvalue weighted by atomic mass is 35.5. The van der Waals surface area contributed by atoms with Gasteiger partial charge in [-0.2, -0.15) is 0 Å². The van der Waals surface area contributed by atoms with Gasteiger partial charge in [0.15, 0.2) is 10.8 Å². The zero-order valence-corrected chi connectivity index (χ0v) is 16.8. The minimum absolute atomic E-state index is 0. The first-order valence-electron chi connectivity index (χ1n) is 8.03. The monoisotopic (exact) mass is 411 g/mol. The van der Waals surface area contributed by atoms with Crippen LogP contribution in [0.5, 0.6) is 0 Å². The topological polar surface area (TPSA) is 67.9 Å². The van der Waals surface area contributed by atoms with Gasteiger partial charge in [0.25, 0.3) is 0 Å². The van der Waals surface area contributed by atoms with E-state index in [1.54, 1.807) is 23.7 Å². The van der Waals surface area contributed by atoms with E-state index in [4.69, 9.17) is 5.73 Å². The van der Waals surface area contributed by atoms with Crippen molar-refractivity contribution in [1.82, 2.24) is 19.9 Å². The molecule has 0 aliphatic heterocycles. The number of aromatic nitrogens is 3. The lowest BCUT2D eigenvalue weighted by atomic mass is 10.1. The minimum atomic E-state index is 0. The second-order valence-corrected chi connectivity index (χ2v) is 6.37. The van der Waals surface area contributed by atoms with E-state index in [-0.39, 0.29) is 24.8 Å². The van der Waals surface area contributed by atoms with Gasteiger partial charge in [-0.1, -0.05) is 30.3 Å². The lowest BCUT2D eigenvalue weighted by Crippen LogP contribution is -2.31. The van der Waals surface area contributed by atoms with Crippen molar-refractivity contribution in [3.8, 4) is 10.8 Å². The molecule has 140 valence electrons. The first kappa shape index (κ1) is 22.5. The van der Waals surface area contributed by atoms with Crippen molar-refractivity contribution in [2.45, 2.75) is 13.0 Å². The fourth-order valence-electron chi connectivity index (χ4n) is 2.51. The lowest BCUT2D eigenvalue weighted by molar-refractivity contribution is 0.274. The molecule has 0 radical (unpaired) electrons. The molecule has 3 aromatic rings. The number of benzene rings is 1. The van der Waals surface area contributed by atoms with Gasteiger partial charge in [0.2, 0.25) is 0 Å². The first-order chi connectivity index (χ1) is 11.8. The highest BCUT2D eigenvalue weighted by molar-refractivity contribution is 7.13. The molecule has 0 saturated heterocycles. The van der Waals surface area contributed by atoms with Crippen molar-refractivity contribution >= 4 is 36.2 Å². The Labute approximate surface area is 170 Å². The molecule has 0 amide bonds. The molecule has 8 heteroatoms. The summed E-state index contributed by atoms with van der Waals surface area (Å²) in [5.41, 5.74) is 8.16. The molecule has 0 saturated carbocycles. The highest BCUT2D eigenvalue weighted by Gasteiger charge is 2.11. The van der Waals surface area contributed by atoms with E-state index in [0.29, 0.717) is 12.4 Å². The van der Waals surface area contributed by atoms with Gasteiger partial charge in [-0.25, -0.2) is 15.0 Å². The van der Waals surface area contributed by atoms with E-state index in [9.17, 15) is 0 Å². The third kappa shape index (κ3) is 6.63. The quantitative estimate of drug-likeness (QED) is 0.614. The van der Waals surface area contributed by atoms with E-state index < -0.39 is 0 Å². The maximum atomic E-state index is 5.77. The van der Waals surface area contributed by atoms with Crippen LogP contribution in [0.25, 0.3) is 10.8 Å². The normalized spacial score (nSPS) is 10.2. The molecule has 0 unspecified atom stereocenters. The zero-order valence-electron chi connectivity index (χ0n) is 14.3. The van der Waals surface area contributed by atoms with Crippen molar-refractivity contribution in [1.29, 1.82) is 0 Å². The summed E-state index contributed by atoms with van der Waals surface area (Å²) >= 11 is 1.58. The third-order valence-corrected chi connectivity index (χ3v) is 4.59. The van der Waals surface area contributed by atoms with Gasteiger partial charge in [0.1, 0.15) is 0 Å². The minimum Gasteiger partial charge on any atom is -0.329 e. The molecule has 2 heterocycles. The van der Waals surface area contributed by atoms with Gasteiger partial charge in [-0.15, -0.1) is 36.2 Å². The summed E-state index contributed by atoms with van der Waals surface area (Å²) in [6.07, 6.45) is 4.49. The molecule has 2 aromatic heterocycles. The summed E-state index contributed by atoms with van der Waals surface area (Å²) in [6, 6.07) is 12.3. The second-order valence-electron chi connectivity index (χ2n) is 5.52. The molecule has 0 spiro atoms. The number of halogens is 2. The Kier molecular flexibility index (Phi) is 10.3. The van der Waals surface area contributed by atoms with Gasteiger partial charge >= 0.3 is 0 Å². The molecule has 0 bridgehead atoms. The van der Waals surface area contributed by atoms with E-state index in [1.165, 1.54) is 5.56 Å². The van der Waals surface area contributed by atoms with Gasteiger partial charge in [-0.3, -0.25) is 4.90 Å². The average Bonchev–Trinajstić information content (AvgIpc) is 3.10. The molecule has 0 fully saturated rings. The van der Waals surface area contributed by atoms with Gasteiger partial charge in [0.05, 0.1) is 5.69 Å². The van der Waals surface area contributed by atoms with Crippen LogP contribution in [0.2, 0.25) is 0 Å². The summed E-state index contributed by atoms with van der Waals surface area (Å²) in [5.74, 6) is 0.684. The standard InChI is InChI=1S/C18H21N5S.2ClH/c19-8-12-23(11-7-15-5-2-1-3-6-15)13-16-14-24-18(22-16)17-20-9-4-10-21-17;;/h1-6,9-10,14H,7-8,11-13,19H2;2*1H. The Balaban J connectivity index is 0.00000169. The van der Waals surface area contributed by atoms with E-state index >= 15 is 0 Å². The maximum absolute atomic E-state index is 5.77. The fourth-order valence-corrected chi connectivity index (χ4v) is 3.26. The van der Waals surface area contributed by atoms with Crippen LogP contribution in [0.4, 0.5) is 0 Å². The number of hydrogen-bond acceptors (Lipinski definition) is 6. The van der Waals surface area contributed by atoms with E-state index in [2.05, 4.69) is 49.5 Å². The second kappa shape index (κ2) is 11.9. The Morgan fingerprint density at radius 2 is 1.69 bits per heavy atom. The van der Waals surface area contributed by atoms with Crippen LogP contribution in [-0.2, 0) is 13.0 Å². The van der Waals surface area contributed by atoms with Crippen LogP contribution in [0.15, 0.2) is 54.2 Å². The molecule has 26 heavy (non-hydrogen) atoms. The molecule has 5 nitrogen and oxygen atoms in total. The predicted octanol–water partition coefficient (Wildman–Crippen LogP) is 3.45. The Morgan fingerprint density at radius 1 is 0.962 bits per heavy atom. The van der Waals surface area contributed by atoms with E-state index in [0.717, 1.165) is 36.8 Å². The molecule has 3 rings (SSSR count). The Bertz CT molecular complexity index is 740. The van der Waals surface area contributed by atoms with Crippen LogP contribution in [0.3, 0.4) is 0 Å². The number of rotatable bonds is 8. The van der Waals surface area contributed by atoms with Crippen molar-refractivity contribution in [2.75, 3.05) is 19.6 Å². The van der Waals surface area contributed by atoms with Crippen molar-refractivity contribution in [2.24, 2.45) is 5.73 Å². The number of thiazole rings is 1. The summed E-state index contributed by atoms with van der Waals surface area (Å²) in [4.78, 5) is 15.5. The van der Waals surface area contributed by atoms with Crippen molar-refractivity contribution in [3.05, 3.63) is 65.4 Å². The van der Waals surface area contributed by atoms with Crippen molar-refractivity contribution < 1.29 is 0 Å². The summed E-state index contributed by atoms with van der Waals surface area (Å²) in [7, 11) is 0. The zero-order chi connectivity index (χ0) is 16.6. The van der Waals surface area contributed by atoms with Crippen LogP contribution in [-0.4, -0.2) is 39.5 Å². The first-order valence-corrected chi connectivity index (χ1v) is 8.91. The largest absolute Gasteiger partial charge is 0.329 e. The molecule has 0 aliphatic rings. The number of hydrogen-bond donors (Lipinski definition) is 1. The molecule has 0 atom stereocenters. The highest BCUT2D eigenvalue weighted by Crippen LogP contribution is 2.20. The third-order valence-electron chi connectivity index (χ3n) is 3.70. The molecule has 1 aromatic carbocycles. The summed E-state index contributed by atoms with van der Waals surface area (Å²) < 4.78 is 0. The lowest BCUT2D eigenvalue weighted by Gasteiger charge is -2.20. The molecule has 2 N–H and O–H groups in total. The smallest absolute Gasteiger partial charge is 0.188 e. The molecular formula is C18H23Cl2N5S. The summed E-state index contributed by atoms with van der Waals surface area (Å²) in [6.45, 7) is 3.28. The SMILES string of the molecule is Cl.Cl.NCCN(CCc1ccccc1)Cc1csc(-c2ncccn2)n1. The molecule has 0 aliphatic carbocycles. The Morgan fingerprint density at radius 3 is 2.38 bits per heavy atom. The maximum Gasteiger partial charge on any atom is 0.188 e. The van der Waals surface area contributed by atoms with E-state index in [1.807, 2.05) is 12.1 Å². The van der Waals surface area contributed by atoms with Crippen LogP contribution in [0, 0.1) is 0 Å². The van der Waals surface area contributed by atoms with Crippen molar-refractivity contribution in [3.63, 3.8) is 0 Å². The van der Waals surface area contributed by atoms with Crippen LogP contribution >= 0.6 is 36.2 Å². The molecular weight excluding hydrogens is 389 g/mol. The number of nitrogens with two attached hydrogens (primary N) is 1. The fraction of sp³-hybridized carbons (Fsp3) is 0.278. The number of nitrogens with zero attached hydrogens (tertiary/aromatic N) is 4. The van der Waals surface area contributed by atoms with Gasteiger partial charge in [-0.05, 0) is 18.1 Å². The van der Waals surface area contributed by atoms with Gasteiger partial charge in [0, 0.05) is 44.0 Å². The van der Waals surface area contributed by atoms with Gasteiger partial charge < -0.3 is 5.73 Å². The average molecular weight is 412 g/mol. The Hall–Kier alpha value is -1.57. The predicted molar refractivity (Wildman–Crippen MR) is 112 cm³/mol. The van der Waals surface area contributed by atoms with Crippen LogP contribution in [0.1, 0.15) is 11.3 Å².